The monoisotopic (exact) mass is 355 g/mol. The number of benzene rings is 1. The number of piperazine rings is 1. The van der Waals surface area contributed by atoms with Crippen LogP contribution in [0.5, 0.6) is 0 Å². The molecular weight excluding hydrogens is 330 g/mol. The van der Waals surface area contributed by atoms with Crippen molar-refractivity contribution in [3.63, 3.8) is 0 Å². The maximum Gasteiger partial charge on any atom is 0.244 e. The predicted molar refractivity (Wildman–Crippen MR) is 97.7 cm³/mol. The van der Waals surface area contributed by atoms with Gasteiger partial charge in [0.1, 0.15) is 0 Å². The van der Waals surface area contributed by atoms with E-state index in [1.165, 1.54) is 0 Å². The Morgan fingerprint density at radius 2 is 1.85 bits per heavy atom. The summed E-state index contributed by atoms with van der Waals surface area (Å²) < 4.78 is 5.47. The summed E-state index contributed by atoms with van der Waals surface area (Å²) in [6, 6.07) is 10.0. The number of nitrogens with zero attached hydrogens (tertiary/aromatic N) is 5. The fraction of sp³-hybridized carbons (Fsp3) is 0.526. The fourth-order valence-corrected chi connectivity index (χ4v) is 3.89. The van der Waals surface area contributed by atoms with Crippen LogP contribution in [-0.4, -0.2) is 64.7 Å². The first-order chi connectivity index (χ1) is 12.7. The van der Waals surface area contributed by atoms with E-state index in [2.05, 4.69) is 20.0 Å². The normalized spacial score (nSPS) is 22.7. The van der Waals surface area contributed by atoms with Crippen LogP contribution < -0.4 is 4.90 Å². The molecule has 2 aliphatic heterocycles. The maximum atomic E-state index is 13.0. The number of aromatic nitrogens is 2. The molecule has 26 heavy (non-hydrogen) atoms. The number of hydrogen-bond donors (Lipinski definition) is 0. The van der Waals surface area contributed by atoms with Crippen molar-refractivity contribution in [1.82, 2.24) is 20.0 Å². The molecule has 0 radical (unpaired) electrons. The van der Waals surface area contributed by atoms with Crippen LogP contribution in [0.15, 0.2) is 34.7 Å². The van der Waals surface area contributed by atoms with Crippen LogP contribution in [-0.2, 0) is 11.3 Å². The first kappa shape index (κ1) is 17.2. The molecule has 0 N–H and O–H groups in total. The van der Waals surface area contributed by atoms with Gasteiger partial charge in [-0.05, 0) is 25.0 Å². The SMILES string of the molecule is Cc1nnc(CN2CCN([C@H]3CCCN(c4ccccc4)C3=O)CC2)o1. The lowest BCUT2D eigenvalue weighted by Crippen LogP contribution is -2.57. The van der Waals surface area contributed by atoms with Gasteiger partial charge in [-0.2, -0.15) is 0 Å². The molecule has 1 amide bonds. The molecule has 2 saturated heterocycles. The van der Waals surface area contributed by atoms with E-state index in [1.807, 2.05) is 42.2 Å². The quantitative estimate of drug-likeness (QED) is 0.832. The van der Waals surface area contributed by atoms with E-state index in [0.717, 1.165) is 51.3 Å². The van der Waals surface area contributed by atoms with Crippen LogP contribution in [0, 0.1) is 6.92 Å². The zero-order chi connectivity index (χ0) is 17.9. The Morgan fingerprint density at radius 3 is 2.54 bits per heavy atom. The second-order valence-electron chi connectivity index (χ2n) is 7.01. The summed E-state index contributed by atoms with van der Waals surface area (Å²) in [6.45, 7) is 6.92. The van der Waals surface area contributed by atoms with Crippen molar-refractivity contribution in [2.45, 2.75) is 32.4 Å². The third kappa shape index (κ3) is 3.64. The third-order valence-corrected chi connectivity index (χ3v) is 5.25. The molecule has 1 aromatic heterocycles. The van der Waals surface area contributed by atoms with Gasteiger partial charge in [0, 0.05) is 45.3 Å². The molecule has 7 nitrogen and oxygen atoms in total. The molecule has 0 saturated carbocycles. The summed E-state index contributed by atoms with van der Waals surface area (Å²) in [7, 11) is 0. The van der Waals surface area contributed by atoms with Crippen LogP contribution in [0.2, 0.25) is 0 Å². The Bertz CT molecular complexity index is 739. The second-order valence-corrected chi connectivity index (χ2v) is 7.01. The smallest absolute Gasteiger partial charge is 0.244 e. The molecule has 7 heteroatoms. The first-order valence-corrected chi connectivity index (χ1v) is 9.32. The van der Waals surface area contributed by atoms with Gasteiger partial charge in [-0.15, -0.1) is 10.2 Å². The molecule has 0 spiro atoms. The van der Waals surface area contributed by atoms with E-state index in [4.69, 9.17) is 4.42 Å². The number of carbonyl (C=O) groups excluding carboxylic acids is 1. The van der Waals surface area contributed by atoms with Crippen molar-refractivity contribution in [3.8, 4) is 0 Å². The van der Waals surface area contributed by atoms with Gasteiger partial charge in [0.05, 0.1) is 12.6 Å². The summed E-state index contributed by atoms with van der Waals surface area (Å²) >= 11 is 0. The van der Waals surface area contributed by atoms with E-state index < -0.39 is 0 Å². The summed E-state index contributed by atoms with van der Waals surface area (Å²) in [5, 5.41) is 7.96. The second kappa shape index (κ2) is 7.55. The average molecular weight is 355 g/mol. The molecule has 1 aromatic carbocycles. The summed E-state index contributed by atoms with van der Waals surface area (Å²) in [5.74, 6) is 1.51. The van der Waals surface area contributed by atoms with Gasteiger partial charge in [0.15, 0.2) is 0 Å². The number of para-hydroxylation sites is 1. The Morgan fingerprint density at radius 1 is 1.08 bits per heavy atom. The van der Waals surface area contributed by atoms with Crippen LogP contribution in [0.4, 0.5) is 5.69 Å². The number of piperidine rings is 1. The number of anilines is 1. The van der Waals surface area contributed by atoms with Crippen LogP contribution in [0.1, 0.15) is 24.6 Å². The van der Waals surface area contributed by atoms with Gasteiger partial charge in [0.2, 0.25) is 17.7 Å². The molecule has 0 unspecified atom stereocenters. The van der Waals surface area contributed by atoms with Crippen molar-refractivity contribution in [3.05, 3.63) is 42.1 Å². The number of carbonyl (C=O) groups is 1. The van der Waals surface area contributed by atoms with Gasteiger partial charge in [-0.25, -0.2) is 0 Å². The molecule has 2 aromatic rings. The summed E-state index contributed by atoms with van der Waals surface area (Å²) in [4.78, 5) is 19.6. The van der Waals surface area contributed by atoms with Crippen molar-refractivity contribution < 1.29 is 9.21 Å². The lowest BCUT2D eigenvalue weighted by atomic mass is 10.0. The van der Waals surface area contributed by atoms with Gasteiger partial charge in [0.25, 0.3) is 0 Å². The first-order valence-electron chi connectivity index (χ1n) is 9.32. The zero-order valence-electron chi connectivity index (χ0n) is 15.2. The van der Waals surface area contributed by atoms with E-state index in [0.29, 0.717) is 18.3 Å². The third-order valence-electron chi connectivity index (χ3n) is 5.25. The van der Waals surface area contributed by atoms with E-state index in [9.17, 15) is 4.79 Å². The molecule has 0 bridgehead atoms. The lowest BCUT2D eigenvalue weighted by molar-refractivity contribution is -0.126. The highest BCUT2D eigenvalue weighted by atomic mass is 16.4. The van der Waals surface area contributed by atoms with Crippen molar-refractivity contribution >= 4 is 11.6 Å². The topological polar surface area (TPSA) is 65.7 Å². The molecule has 2 fully saturated rings. The minimum atomic E-state index is -0.00300. The minimum Gasteiger partial charge on any atom is -0.424 e. The summed E-state index contributed by atoms with van der Waals surface area (Å²) in [6.07, 6.45) is 2.00. The van der Waals surface area contributed by atoms with E-state index >= 15 is 0 Å². The minimum absolute atomic E-state index is 0.00300. The van der Waals surface area contributed by atoms with Gasteiger partial charge >= 0.3 is 0 Å². The number of hydrogen-bond acceptors (Lipinski definition) is 6. The number of aryl methyl sites for hydroxylation is 1. The highest BCUT2D eigenvalue weighted by Gasteiger charge is 2.35. The molecule has 1 atom stereocenters. The lowest BCUT2D eigenvalue weighted by Gasteiger charge is -2.42. The highest BCUT2D eigenvalue weighted by Crippen LogP contribution is 2.24. The number of rotatable bonds is 4. The van der Waals surface area contributed by atoms with Crippen molar-refractivity contribution in [1.29, 1.82) is 0 Å². The van der Waals surface area contributed by atoms with Crippen molar-refractivity contribution in [2.75, 3.05) is 37.6 Å². The Balaban J connectivity index is 1.35. The molecule has 2 aliphatic rings. The van der Waals surface area contributed by atoms with Gasteiger partial charge in [-0.3, -0.25) is 14.6 Å². The Hall–Kier alpha value is -2.25. The Labute approximate surface area is 153 Å². The highest BCUT2D eigenvalue weighted by molar-refractivity contribution is 5.97. The summed E-state index contributed by atoms with van der Waals surface area (Å²) in [5.41, 5.74) is 1.01. The average Bonchev–Trinajstić information content (AvgIpc) is 3.08. The molecule has 4 rings (SSSR count). The van der Waals surface area contributed by atoms with Crippen LogP contribution in [0.25, 0.3) is 0 Å². The molecule has 3 heterocycles. The molecular formula is C19H25N5O2. The Kier molecular flexibility index (Phi) is 4.99. The fourth-order valence-electron chi connectivity index (χ4n) is 3.89. The largest absolute Gasteiger partial charge is 0.424 e. The maximum absolute atomic E-state index is 13.0. The van der Waals surface area contributed by atoms with Gasteiger partial charge < -0.3 is 9.32 Å². The van der Waals surface area contributed by atoms with E-state index in [1.54, 1.807) is 0 Å². The van der Waals surface area contributed by atoms with Crippen LogP contribution in [0.3, 0.4) is 0 Å². The molecule has 0 aliphatic carbocycles. The van der Waals surface area contributed by atoms with E-state index in [-0.39, 0.29) is 11.9 Å². The van der Waals surface area contributed by atoms with Crippen LogP contribution >= 0.6 is 0 Å². The zero-order valence-corrected chi connectivity index (χ0v) is 15.2. The van der Waals surface area contributed by atoms with Gasteiger partial charge in [-0.1, -0.05) is 18.2 Å². The number of amides is 1. The molecule has 138 valence electrons. The van der Waals surface area contributed by atoms with Crippen molar-refractivity contribution in [2.24, 2.45) is 0 Å². The standard InChI is InChI=1S/C19H25N5O2/c1-15-20-21-18(26-15)14-22-10-12-23(13-11-22)17-8-5-9-24(19(17)25)16-6-3-2-4-7-16/h2-4,6-7,17H,5,8-14H2,1H3/t17-/m0/s1. The predicted octanol–water partition coefficient (Wildman–Crippen LogP) is 1.69.